The molecule has 0 bridgehead atoms. The van der Waals surface area contributed by atoms with E-state index in [9.17, 15) is 14.9 Å². The number of carbonyl (C=O) groups excluding carboxylic acids is 1. The maximum atomic E-state index is 12.8. The van der Waals surface area contributed by atoms with Crippen LogP contribution in [0.3, 0.4) is 0 Å². The van der Waals surface area contributed by atoms with Crippen LogP contribution in [0.15, 0.2) is 36.7 Å². The number of hydrogen-bond donors (Lipinski definition) is 1. The van der Waals surface area contributed by atoms with E-state index < -0.39 is 4.92 Å². The maximum Gasteiger partial charge on any atom is 0.270 e. The first-order valence-corrected chi connectivity index (χ1v) is 7.31. The predicted octanol–water partition coefficient (Wildman–Crippen LogP) is 1.54. The van der Waals surface area contributed by atoms with Crippen LogP contribution >= 0.6 is 12.4 Å². The number of nitro benzene ring substituents is 1. The van der Waals surface area contributed by atoms with Crippen LogP contribution in [0.4, 0.5) is 5.69 Å². The van der Waals surface area contributed by atoms with Gasteiger partial charge in [-0.1, -0.05) is 6.07 Å². The van der Waals surface area contributed by atoms with E-state index in [2.05, 4.69) is 10.3 Å². The second-order valence-electron chi connectivity index (χ2n) is 5.42. The lowest BCUT2D eigenvalue weighted by Gasteiger charge is -2.35. The van der Waals surface area contributed by atoms with Crippen molar-refractivity contribution >= 4 is 24.0 Å². The van der Waals surface area contributed by atoms with E-state index in [-0.39, 0.29) is 30.0 Å². The summed E-state index contributed by atoms with van der Waals surface area (Å²) in [5, 5.41) is 14.2. The van der Waals surface area contributed by atoms with Crippen molar-refractivity contribution < 1.29 is 9.72 Å². The zero-order chi connectivity index (χ0) is 16.4. The summed E-state index contributed by atoms with van der Waals surface area (Å²) in [5.41, 5.74) is 0.236. The first-order chi connectivity index (χ1) is 11.1. The number of piperazine rings is 1. The lowest BCUT2D eigenvalue weighted by atomic mass is 10.1. The average molecular weight is 352 g/mol. The highest BCUT2D eigenvalue weighted by Gasteiger charge is 2.31. The molecular formula is C15H18ClN5O3. The molecule has 0 aliphatic carbocycles. The van der Waals surface area contributed by atoms with Gasteiger partial charge in [-0.2, -0.15) is 0 Å². The van der Waals surface area contributed by atoms with Crippen molar-refractivity contribution in [2.24, 2.45) is 7.05 Å². The number of carbonyl (C=O) groups is 1. The summed E-state index contributed by atoms with van der Waals surface area (Å²) in [6.07, 6.45) is 3.53. The van der Waals surface area contributed by atoms with Crippen LogP contribution in [-0.2, 0) is 7.05 Å². The third-order valence-electron chi connectivity index (χ3n) is 3.96. The van der Waals surface area contributed by atoms with Gasteiger partial charge in [0.1, 0.15) is 11.9 Å². The quantitative estimate of drug-likeness (QED) is 0.668. The summed E-state index contributed by atoms with van der Waals surface area (Å²) in [4.78, 5) is 29.3. The number of imidazole rings is 1. The Balaban J connectivity index is 0.00000208. The Kier molecular flexibility index (Phi) is 5.53. The summed E-state index contributed by atoms with van der Waals surface area (Å²) in [5.74, 6) is 0.569. The number of benzene rings is 1. The molecule has 1 aliphatic rings. The van der Waals surface area contributed by atoms with Gasteiger partial charge in [-0.25, -0.2) is 4.98 Å². The molecule has 1 amide bonds. The van der Waals surface area contributed by atoms with Crippen molar-refractivity contribution in [1.82, 2.24) is 19.8 Å². The largest absolute Gasteiger partial charge is 0.336 e. The van der Waals surface area contributed by atoms with Gasteiger partial charge in [0.05, 0.1) is 4.92 Å². The van der Waals surface area contributed by atoms with Gasteiger partial charge in [0.15, 0.2) is 0 Å². The fourth-order valence-corrected chi connectivity index (χ4v) is 2.79. The molecule has 8 nitrogen and oxygen atoms in total. The van der Waals surface area contributed by atoms with E-state index >= 15 is 0 Å². The van der Waals surface area contributed by atoms with E-state index in [4.69, 9.17) is 0 Å². The van der Waals surface area contributed by atoms with E-state index in [0.717, 1.165) is 5.82 Å². The van der Waals surface area contributed by atoms with Crippen molar-refractivity contribution in [3.8, 4) is 0 Å². The minimum absolute atomic E-state index is 0. The number of nitrogens with one attached hydrogen (secondary N) is 1. The van der Waals surface area contributed by atoms with Crippen molar-refractivity contribution in [3.63, 3.8) is 0 Å². The van der Waals surface area contributed by atoms with Gasteiger partial charge < -0.3 is 14.8 Å². The molecule has 9 heteroatoms. The molecule has 1 saturated heterocycles. The summed E-state index contributed by atoms with van der Waals surface area (Å²) in [6.45, 7) is 1.81. The SMILES string of the molecule is Cl.Cn1ccnc1C1CNCCN1C(=O)c1cccc([N+](=O)[O-])c1. The molecule has 0 saturated carbocycles. The number of nitrogens with zero attached hydrogens (tertiary/aromatic N) is 4. The number of amides is 1. The Labute approximate surface area is 145 Å². The predicted molar refractivity (Wildman–Crippen MR) is 90.2 cm³/mol. The van der Waals surface area contributed by atoms with E-state index in [1.807, 2.05) is 17.8 Å². The fraction of sp³-hybridized carbons (Fsp3) is 0.333. The summed E-state index contributed by atoms with van der Waals surface area (Å²) in [6, 6.07) is 5.64. The highest BCUT2D eigenvalue weighted by molar-refractivity contribution is 5.95. The van der Waals surface area contributed by atoms with Gasteiger partial charge >= 0.3 is 0 Å². The second-order valence-corrected chi connectivity index (χ2v) is 5.42. The van der Waals surface area contributed by atoms with Gasteiger partial charge in [-0.3, -0.25) is 14.9 Å². The molecule has 1 N–H and O–H groups in total. The molecule has 1 fully saturated rings. The van der Waals surface area contributed by atoms with Gasteiger partial charge in [0.25, 0.3) is 11.6 Å². The van der Waals surface area contributed by atoms with Gasteiger partial charge in [-0.05, 0) is 6.07 Å². The summed E-state index contributed by atoms with van der Waals surface area (Å²) in [7, 11) is 1.88. The molecule has 2 aromatic rings. The van der Waals surface area contributed by atoms with Crippen LogP contribution in [-0.4, -0.2) is 44.9 Å². The number of aryl methyl sites for hydroxylation is 1. The van der Waals surface area contributed by atoms with Gasteiger partial charge in [-0.15, -0.1) is 12.4 Å². The minimum Gasteiger partial charge on any atom is -0.336 e. The molecule has 0 radical (unpaired) electrons. The molecule has 1 unspecified atom stereocenters. The van der Waals surface area contributed by atoms with Crippen LogP contribution in [0.1, 0.15) is 22.2 Å². The molecule has 24 heavy (non-hydrogen) atoms. The average Bonchev–Trinajstić information content (AvgIpc) is 3.00. The van der Waals surface area contributed by atoms with Crippen LogP contribution in [0.25, 0.3) is 0 Å². The lowest BCUT2D eigenvalue weighted by molar-refractivity contribution is -0.384. The zero-order valence-corrected chi connectivity index (χ0v) is 13.9. The molecule has 0 spiro atoms. The van der Waals surface area contributed by atoms with Crippen molar-refractivity contribution in [1.29, 1.82) is 0 Å². The Bertz CT molecular complexity index is 748. The molecule has 3 rings (SSSR count). The van der Waals surface area contributed by atoms with Crippen LogP contribution < -0.4 is 5.32 Å². The van der Waals surface area contributed by atoms with Crippen LogP contribution in [0.2, 0.25) is 0 Å². The molecule has 2 heterocycles. The highest BCUT2D eigenvalue weighted by atomic mass is 35.5. The minimum atomic E-state index is -0.495. The van der Waals surface area contributed by atoms with Crippen molar-refractivity contribution in [2.45, 2.75) is 6.04 Å². The summed E-state index contributed by atoms with van der Waals surface area (Å²) < 4.78 is 1.88. The van der Waals surface area contributed by atoms with Gasteiger partial charge in [0, 0.05) is 56.8 Å². The standard InChI is InChI=1S/C15H17N5O3.ClH/c1-18-7-6-17-14(18)13-10-16-5-8-19(13)15(21)11-3-2-4-12(9-11)20(22)23;/h2-4,6-7,9,13,16H,5,8,10H2,1H3;1H. The normalized spacial score (nSPS) is 17.2. The Morgan fingerprint density at radius 1 is 1.46 bits per heavy atom. The van der Waals surface area contributed by atoms with E-state index in [1.54, 1.807) is 17.2 Å². The first-order valence-electron chi connectivity index (χ1n) is 7.31. The smallest absolute Gasteiger partial charge is 0.270 e. The maximum absolute atomic E-state index is 12.8. The number of halogens is 1. The molecule has 128 valence electrons. The Hall–Kier alpha value is -2.45. The van der Waals surface area contributed by atoms with Crippen molar-refractivity contribution in [3.05, 3.63) is 58.2 Å². The number of non-ortho nitro benzene ring substituents is 1. The number of hydrogen-bond acceptors (Lipinski definition) is 5. The fourth-order valence-electron chi connectivity index (χ4n) is 2.79. The Morgan fingerprint density at radius 2 is 2.25 bits per heavy atom. The third-order valence-corrected chi connectivity index (χ3v) is 3.96. The van der Waals surface area contributed by atoms with E-state index in [0.29, 0.717) is 25.2 Å². The monoisotopic (exact) mass is 351 g/mol. The Morgan fingerprint density at radius 3 is 2.92 bits per heavy atom. The number of nitro groups is 1. The second kappa shape index (κ2) is 7.41. The molecule has 1 aromatic carbocycles. The number of aromatic nitrogens is 2. The first kappa shape index (κ1) is 17.9. The summed E-state index contributed by atoms with van der Waals surface area (Å²) >= 11 is 0. The zero-order valence-electron chi connectivity index (χ0n) is 13.1. The number of rotatable bonds is 3. The van der Waals surface area contributed by atoms with Gasteiger partial charge in [0.2, 0.25) is 0 Å². The van der Waals surface area contributed by atoms with Crippen LogP contribution in [0, 0.1) is 10.1 Å². The lowest BCUT2D eigenvalue weighted by Crippen LogP contribution is -2.49. The van der Waals surface area contributed by atoms with E-state index in [1.165, 1.54) is 18.2 Å². The highest BCUT2D eigenvalue weighted by Crippen LogP contribution is 2.24. The molecule has 1 atom stereocenters. The molecule has 1 aliphatic heterocycles. The van der Waals surface area contributed by atoms with Crippen molar-refractivity contribution in [2.75, 3.05) is 19.6 Å². The molecule has 1 aromatic heterocycles. The van der Waals surface area contributed by atoms with Crippen LogP contribution in [0.5, 0.6) is 0 Å². The molecular weight excluding hydrogens is 334 g/mol. The third kappa shape index (κ3) is 3.39. The topological polar surface area (TPSA) is 93.3 Å².